The predicted octanol–water partition coefficient (Wildman–Crippen LogP) is 3.68. The zero-order valence-electron chi connectivity index (χ0n) is 16.4. The number of hydrogen-bond donors (Lipinski definition) is 1. The SMILES string of the molecule is COc1ccc(NC(=O)[C@]2(C)CCCN(c3ccc(Cl)cc3)S2(=O)=O)cc1OC. The molecular formula is C20H23ClN2O5S. The van der Waals surface area contributed by atoms with Gasteiger partial charge in [0.05, 0.1) is 19.9 Å². The number of nitrogens with zero attached hydrogens (tertiary/aromatic N) is 1. The molecule has 1 atom stereocenters. The fourth-order valence-electron chi connectivity index (χ4n) is 3.34. The van der Waals surface area contributed by atoms with Crippen LogP contribution in [0.1, 0.15) is 19.8 Å². The van der Waals surface area contributed by atoms with Crippen LogP contribution in [-0.4, -0.2) is 39.8 Å². The minimum atomic E-state index is -3.96. The van der Waals surface area contributed by atoms with E-state index in [2.05, 4.69) is 5.32 Å². The fraction of sp³-hybridized carbons (Fsp3) is 0.350. The number of ether oxygens (including phenoxy) is 2. The van der Waals surface area contributed by atoms with Gasteiger partial charge in [-0.05, 0) is 56.2 Å². The topological polar surface area (TPSA) is 84.9 Å². The van der Waals surface area contributed by atoms with Gasteiger partial charge in [0.2, 0.25) is 15.9 Å². The molecule has 2 aromatic carbocycles. The van der Waals surface area contributed by atoms with Crippen molar-refractivity contribution < 1.29 is 22.7 Å². The van der Waals surface area contributed by atoms with Crippen LogP contribution in [0.3, 0.4) is 0 Å². The van der Waals surface area contributed by atoms with Crippen LogP contribution in [-0.2, 0) is 14.8 Å². The number of nitrogens with one attached hydrogen (secondary N) is 1. The van der Waals surface area contributed by atoms with E-state index in [0.29, 0.717) is 40.9 Å². The van der Waals surface area contributed by atoms with Crippen molar-refractivity contribution in [1.82, 2.24) is 0 Å². The third kappa shape index (κ3) is 3.86. The van der Waals surface area contributed by atoms with Crippen LogP contribution in [0.5, 0.6) is 11.5 Å². The van der Waals surface area contributed by atoms with Crippen molar-refractivity contribution in [2.75, 3.05) is 30.4 Å². The van der Waals surface area contributed by atoms with E-state index in [0.717, 1.165) is 0 Å². The van der Waals surface area contributed by atoms with Crippen LogP contribution in [0, 0.1) is 0 Å². The minimum absolute atomic E-state index is 0.221. The summed E-state index contributed by atoms with van der Waals surface area (Å²) >= 11 is 5.91. The first-order chi connectivity index (χ1) is 13.7. The number of anilines is 2. The highest BCUT2D eigenvalue weighted by Gasteiger charge is 2.52. The number of sulfonamides is 1. The summed E-state index contributed by atoms with van der Waals surface area (Å²) in [4.78, 5) is 13.1. The second kappa shape index (κ2) is 8.12. The summed E-state index contributed by atoms with van der Waals surface area (Å²) in [6.07, 6.45) is 0.774. The number of rotatable bonds is 5. The molecule has 156 valence electrons. The summed E-state index contributed by atoms with van der Waals surface area (Å²) in [7, 11) is -0.958. The van der Waals surface area contributed by atoms with E-state index in [9.17, 15) is 13.2 Å². The van der Waals surface area contributed by atoms with E-state index in [1.165, 1.54) is 25.4 Å². The molecule has 9 heteroatoms. The lowest BCUT2D eigenvalue weighted by Gasteiger charge is -2.39. The summed E-state index contributed by atoms with van der Waals surface area (Å²) in [5, 5.41) is 3.22. The Kier molecular flexibility index (Phi) is 5.95. The first-order valence-electron chi connectivity index (χ1n) is 9.04. The Morgan fingerprint density at radius 2 is 1.76 bits per heavy atom. The van der Waals surface area contributed by atoms with Crippen LogP contribution in [0.2, 0.25) is 5.02 Å². The number of benzene rings is 2. The summed E-state index contributed by atoms with van der Waals surface area (Å²) < 4.78 is 36.8. The second-order valence-electron chi connectivity index (χ2n) is 6.91. The van der Waals surface area contributed by atoms with Gasteiger partial charge in [0.1, 0.15) is 0 Å². The van der Waals surface area contributed by atoms with Crippen LogP contribution < -0.4 is 19.1 Å². The van der Waals surface area contributed by atoms with Gasteiger partial charge in [-0.15, -0.1) is 0 Å². The van der Waals surface area contributed by atoms with Gasteiger partial charge in [-0.1, -0.05) is 11.6 Å². The molecule has 0 aromatic heterocycles. The van der Waals surface area contributed by atoms with Gasteiger partial charge in [-0.3, -0.25) is 9.10 Å². The number of carbonyl (C=O) groups excluding carboxylic acids is 1. The van der Waals surface area contributed by atoms with Crippen molar-refractivity contribution in [3.8, 4) is 11.5 Å². The van der Waals surface area contributed by atoms with E-state index >= 15 is 0 Å². The van der Waals surface area contributed by atoms with E-state index in [-0.39, 0.29) is 6.42 Å². The van der Waals surface area contributed by atoms with E-state index in [4.69, 9.17) is 21.1 Å². The van der Waals surface area contributed by atoms with Gasteiger partial charge < -0.3 is 14.8 Å². The first-order valence-corrected chi connectivity index (χ1v) is 10.9. The molecule has 1 aliphatic rings. The number of hydrogen-bond acceptors (Lipinski definition) is 5. The maximum absolute atomic E-state index is 13.4. The lowest BCUT2D eigenvalue weighted by molar-refractivity contribution is -0.118. The Labute approximate surface area is 175 Å². The van der Waals surface area contributed by atoms with Gasteiger partial charge in [-0.2, -0.15) is 0 Å². The molecule has 3 rings (SSSR count). The van der Waals surface area contributed by atoms with Crippen molar-refractivity contribution in [2.24, 2.45) is 0 Å². The molecule has 1 saturated heterocycles. The van der Waals surface area contributed by atoms with Crippen molar-refractivity contribution >= 4 is 38.9 Å². The van der Waals surface area contributed by atoms with E-state index in [1.54, 1.807) is 42.5 Å². The highest BCUT2D eigenvalue weighted by Crippen LogP contribution is 2.37. The molecule has 0 saturated carbocycles. The first kappa shape index (κ1) is 21.3. The Hall–Kier alpha value is -2.45. The Morgan fingerprint density at radius 3 is 2.38 bits per heavy atom. The van der Waals surface area contributed by atoms with Crippen LogP contribution in [0.25, 0.3) is 0 Å². The summed E-state index contributed by atoms with van der Waals surface area (Å²) in [6, 6.07) is 11.4. The van der Waals surface area contributed by atoms with Gasteiger partial charge in [-0.25, -0.2) is 8.42 Å². The lowest BCUT2D eigenvalue weighted by atomic mass is 10.0. The molecule has 1 fully saturated rings. The molecular weight excluding hydrogens is 416 g/mol. The standard InChI is InChI=1S/C20H23ClN2O5S/c1-20(19(24)22-15-7-10-17(27-2)18(13-15)28-3)11-4-12-23(29(20,25)26)16-8-5-14(21)6-9-16/h5-10,13H,4,11-12H2,1-3H3,(H,22,24)/t20-/m0/s1. The Morgan fingerprint density at radius 1 is 1.10 bits per heavy atom. The van der Waals surface area contributed by atoms with Crippen molar-refractivity contribution in [1.29, 1.82) is 0 Å². The van der Waals surface area contributed by atoms with Gasteiger partial charge in [0, 0.05) is 23.3 Å². The number of carbonyl (C=O) groups is 1. The average molecular weight is 439 g/mol. The third-order valence-electron chi connectivity index (χ3n) is 5.11. The molecule has 29 heavy (non-hydrogen) atoms. The monoisotopic (exact) mass is 438 g/mol. The zero-order chi connectivity index (χ0) is 21.2. The van der Waals surface area contributed by atoms with Crippen LogP contribution in [0.4, 0.5) is 11.4 Å². The molecule has 2 aromatic rings. The largest absolute Gasteiger partial charge is 0.493 e. The Balaban J connectivity index is 1.90. The third-order valence-corrected chi connectivity index (χ3v) is 7.86. The average Bonchev–Trinajstić information content (AvgIpc) is 2.70. The second-order valence-corrected chi connectivity index (χ2v) is 9.64. The number of methoxy groups -OCH3 is 2. The maximum Gasteiger partial charge on any atom is 0.249 e. The minimum Gasteiger partial charge on any atom is -0.493 e. The maximum atomic E-state index is 13.4. The van der Waals surface area contributed by atoms with E-state index in [1.807, 2.05) is 0 Å². The summed E-state index contributed by atoms with van der Waals surface area (Å²) in [6.45, 7) is 1.77. The zero-order valence-corrected chi connectivity index (χ0v) is 18.0. The molecule has 0 spiro atoms. The number of halogens is 1. The smallest absolute Gasteiger partial charge is 0.249 e. The van der Waals surface area contributed by atoms with Crippen LogP contribution >= 0.6 is 11.6 Å². The predicted molar refractivity (Wildman–Crippen MR) is 114 cm³/mol. The van der Waals surface area contributed by atoms with Crippen LogP contribution in [0.15, 0.2) is 42.5 Å². The molecule has 7 nitrogen and oxygen atoms in total. The number of amides is 1. The van der Waals surface area contributed by atoms with Gasteiger partial charge >= 0.3 is 0 Å². The van der Waals surface area contributed by atoms with Crippen molar-refractivity contribution in [2.45, 2.75) is 24.5 Å². The van der Waals surface area contributed by atoms with Crippen molar-refractivity contribution in [3.63, 3.8) is 0 Å². The molecule has 0 bridgehead atoms. The quantitative estimate of drug-likeness (QED) is 0.769. The van der Waals surface area contributed by atoms with E-state index < -0.39 is 20.7 Å². The molecule has 1 heterocycles. The summed E-state index contributed by atoms with van der Waals surface area (Å²) in [5.41, 5.74) is 0.909. The molecule has 1 N–H and O–H groups in total. The highest BCUT2D eigenvalue weighted by molar-refractivity contribution is 7.95. The molecule has 1 aliphatic heterocycles. The Bertz CT molecular complexity index is 1010. The lowest BCUT2D eigenvalue weighted by Crippen LogP contribution is -2.57. The molecule has 1 amide bonds. The van der Waals surface area contributed by atoms with Gasteiger partial charge in [0.25, 0.3) is 0 Å². The molecule has 0 aliphatic carbocycles. The summed E-state index contributed by atoms with van der Waals surface area (Å²) in [5.74, 6) is 0.351. The molecule has 0 radical (unpaired) electrons. The van der Waals surface area contributed by atoms with Gasteiger partial charge in [0.15, 0.2) is 16.2 Å². The highest BCUT2D eigenvalue weighted by atomic mass is 35.5. The fourth-order valence-corrected chi connectivity index (χ4v) is 5.40. The van der Waals surface area contributed by atoms with Crippen molar-refractivity contribution in [3.05, 3.63) is 47.5 Å². The molecule has 0 unspecified atom stereocenters. The normalized spacial score (nSPS) is 20.8.